The van der Waals surface area contributed by atoms with Crippen molar-refractivity contribution in [2.24, 2.45) is 0 Å². The maximum Gasteiger partial charge on any atom is 0.127 e. The second-order valence-electron chi connectivity index (χ2n) is 3.11. The maximum absolute atomic E-state index is 13.1. The van der Waals surface area contributed by atoms with Crippen molar-refractivity contribution < 1.29 is 4.39 Å². The number of thioether (sulfide) groups is 1. The highest BCUT2D eigenvalue weighted by Crippen LogP contribution is 2.35. The summed E-state index contributed by atoms with van der Waals surface area (Å²) in [5.74, 6) is 0.677. The Morgan fingerprint density at radius 3 is 3.08 bits per heavy atom. The van der Waals surface area contributed by atoms with Gasteiger partial charge in [-0.05, 0) is 24.6 Å². The van der Waals surface area contributed by atoms with Gasteiger partial charge in [-0.2, -0.15) is 0 Å². The zero-order valence-corrected chi connectivity index (χ0v) is 8.17. The predicted molar refractivity (Wildman–Crippen MR) is 54.6 cm³/mol. The number of halogens is 1. The Hall–Kier alpha value is -0.960. The third kappa shape index (κ3) is 1.56. The van der Waals surface area contributed by atoms with Crippen LogP contribution in [0.15, 0.2) is 29.3 Å². The number of benzene rings is 1. The normalized spacial score (nSPS) is 15.1. The molecule has 1 heterocycles. The molecule has 0 atom stereocenters. The molecule has 13 heavy (non-hydrogen) atoms. The lowest BCUT2D eigenvalue weighted by molar-refractivity contribution is 0.615. The zero-order chi connectivity index (χ0) is 9.42. The molecule has 1 aromatic carbocycles. The van der Waals surface area contributed by atoms with Crippen LogP contribution in [0, 0.1) is 12.7 Å². The number of hydrogen-bond acceptors (Lipinski definition) is 2. The standard InChI is InChI=1S/C10H10FNS/c1-6-3-9-10(4-8(6)11)13-5-7(2)12-9/h3-4,12H,2,5H2,1H3. The van der Waals surface area contributed by atoms with Crippen LogP contribution < -0.4 is 5.32 Å². The molecule has 1 aliphatic rings. The van der Waals surface area contributed by atoms with Gasteiger partial charge in [0.25, 0.3) is 0 Å². The van der Waals surface area contributed by atoms with E-state index in [-0.39, 0.29) is 5.82 Å². The molecule has 0 amide bonds. The molecule has 2 rings (SSSR count). The van der Waals surface area contributed by atoms with Gasteiger partial charge in [-0.3, -0.25) is 0 Å². The van der Waals surface area contributed by atoms with Gasteiger partial charge in [0, 0.05) is 16.3 Å². The summed E-state index contributed by atoms with van der Waals surface area (Å²) in [6.45, 7) is 5.60. The van der Waals surface area contributed by atoms with Gasteiger partial charge in [0.15, 0.2) is 0 Å². The van der Waals surface area contributed by atoms with Gasteiger partial charge in [0.1, 0.15) is 5.82 Å². The van der Waals surface area contributed by atoms with E-state index in [4.69, 9.17) is 0 Å². The van der Waals surface area contributed by atoms with Crippen molar-refractivity contribution in [3.05, 3.63) is 35.8 Å². The Morgan fingerprint density at radius 2 is 2.31 bits per heavy atom. The Morgan fingerprint density at radius 1 is 1.54 bits per heavy atom. The molecule has 0 bridgehead atoms. The lowest BCUT2D eigenvalue weighted by Crippen LogP contribution is -2.07. The van der Waals surface area contributed by atoms with Crippen LogP contribution in [0.25, 0.3) is 0 Å². The van der Waals surface area contributed by atoms with Gasteiger partial charge in [0.2, 0.25) is 0 Å². The van der Waals surface area contributed by atoms with Crippen LogP contribution >= 0.6 is 11.8 Å². The van der Waals surface area contributed by atoms with Crippen molar-refractivity contribution in [3.8, 4) is 0 Å². The fourth-order valence-electron chi connectivity index (χ4n) is 1.27. The summed E-state index contributed by atoms with van der Waals surface area (Å²) >= 11 is 1.62. The van der Waals surface area contributed by atoms with Crippen LogP contribution in [0.1, 0.15) is 5.56 Å². The van der Waals surface area contributed by atoms with E-state index in [1.165, 1.54) is 0 Å². The summed E-state index contributed by atoms with van der Waals surface area (Å²) in [6.07, 6.45) is 0. The summed E-state index contributed by atoms with van der Waals surface area (Å²) < 4.78 is 13.1. The second kappa shape index (κ2) is 3.07. The molecule has 68 valence electrons. The minimum absolute atomic E-state index is 0.138. The molecule has 0 aliphatic carbocycles. The summed E-state index contributed by atoms with van der Waals surface area (Å²) in [5, 5.41) is 3.15. The Labute approximate surface area is 81.0 Å². The number of aryl methyl sites for hydroxylation is 1. The van der Waals surface area contributed by atoms with E-state index >= 15 is 0 Å². The third-order valence-electron chi connectivity index (χ3n) is 1.97. The lowest BCUT2D eigenvalue weighted by atomic mass is 10.2. The largest absolute Gasteiger partial charge is 0.358 e. The van der Waals surface area contributed by atoms with Crippen LogP contribution in [0.5, 0.6) is 0 Å². The molecular weight excluding hydrogens is 185 g/mol. The molecular formula is C10H10FNS. The number of anilines is 1. The van der Waals surface area contributed by atoms with E-state index in [2.05, 4.69) is 11.9 Å². The molecule has 1 nitrogen and oxygen atoms in total. The summed E-state index contributed by atoms with van der Waals surface area (Å²) in [7, 11) is 0. The second-order valence-corrected chi connectivity index (χ2v) is 4.13. The molecule has 0 radical (unpaired) electrons. The van der Waals surface area contributed by atoms with E-state index in [9.17, 15) is 4.39 Å². The van der Waals surface area contributed by atoms with Crippen molar-refractivity contribution in [1.29, 1.82) is 0 Å². The highest BCUT2D eigenvalue weighted by atomic mass is 32.2. The average Bonchev–Trinajstić information content (AvgIpc) is 2.08. The van der Waals surface area contributed by atoms with E-state index in [1.807, 2.05) is 6.07 Å². The van der Waals surface area contributed by atoms with Gasteiger partial charge in [0.05, 0.1) is 5.69 Å². The van der Waals surface area contributed by atoms with Crippen LogP contribution in [-0.4, -0.2) is 5.75 Å². The summed E-state index contributed by atoms with van der Waals surface area (Å²) in [6, 6.07) is 3.40. The number of hydrogen-bond donors (Lipinski definition) is 1. The van der Waals surface area contributed by atoms with Crippen molar-refractivity contribution in [3.63, 3.8) is 0 Å². The summed E-state index contributed by atoms with van der Waals surface area (Å²) in [5.41, 5.74) is 2.62. The van der Waals surface area contributed by atoms with Crippen LogP contribution in [-0.2, 0) is 0 Å². The highest BCUT2D eigenvalue weighted by molar-refractivity contribution is 7.99. The van der Waals surface area contributed by atoms with E-state index in [1.54, 1.807) is 24.8 Å². The van der Waals surface area contributed by atoms with E-state index < -0.39 is 0 Å². The van der Waals surface area contributed by atoms with Gasteiger partial charge >= 0.3 is 0 Å². The molecule has 0 fully saturated rings. The fraction of sp³-hybridized carbons (Fsp3) is 0.200. The van der Waals surface area contributed by atoms with Gasteiger partial charge in [-0.1, -0.05) is 6.58 Å². The molecule has 0 aromatic heterocycles. The third-order valence-corrected chi connectivity index (χ3v) is 3.12. The maximum atomic E-state index is 13.1. The Bertz CT molecular complexity index is 373. The molecule has 0 saturated heterocycles. The van der Waals surface area contributed by atoms with Gasteiger partial charge < -0.3 is 5.32 Å². The summed E-state index contributed by atoms with van der Waals surface area (Å²) in [4.78, 5) is 0.968. The first-order chi connectivity index (χ1) is 6.16. The first-order valence-corrected chi connectivity index (χ1v) is 5.03. The quantitative estimate of drug-likeness (QED) is 0.682. The van der Waals surface area contributed by atoms with E-state index in [0.29, 0.717) is 5.56 Å². The van der Waals surface area contributed by atoms with Crippen molar-refractivity contribution in [2.45, 2.75) is 11.8 Å². The minimum Gasteiger partial charge on any atom is -0.358 e. The number of nitrogens with one attached hydrogen (secondary N) is 1. The van der Waals surface area contributed by atoms with Gasteiger partial charge in [-0.15, -0.1) is 11.8 Å². The van der Waals surface area contributed by atoms with Crippen molar-refractivity contribution >= 4 is 17.4 Å². The minimum atomic E-state index is -0.138. The van der Waals surface area contributed by atoms with Crippen LogP contribution in [0.3, 0.4) is 0 Å². The predicted octanol–water partition coefficient (Wildman–Crippen LogP) is 3.17. The molecule has 1 N–H and O–H groups in total. The SMILES string of the molecule is C=C1CSc2cc(F)c(C)cc2N1. The first kappa shape index (κ1) is 8.63. The first-order valence-electron chi connectivity index (χ1n) is 4.04. The molecule has 3 heteroatoms. The molecule has 1 aromatic rings. The smallest absolute Gasteiger partial charge is 0.127 e. The van der Waals surface area contributed by atoms with Crippen LogP contribution in [0.2, 0.25) is 0 Å². The molecule has 0 unspecified atom stereocenters. The van der Waals surface area contributed by atoms with E-state index in [0.717, 1.165) is 22.0 Å². The lowest BCUT2D eigenvalue weighted by Gasteiger charge is -2.19. The average molecular weight is 195 g/mol. The Balaban J connectivity index is 2.49. The molecule has 1 aliphatic heterocycles. The monoisotopic (exact) mass is 195 g/mol. The fourth-order valence-corrected chi connectivity index (χ4v) is 2.13. The van der Waals surface area contributed by atoms with Crippen molar-refractivity contribution in [2.75, 3.05) is 11.1 Å². The Kier molecular flexibility index (Phi) is 2.04. The van der Waals surface area contributed by atoms with Crippen LogP contribution in [0.4, 0.5) is 10.1 Å². The topological polar surface area (TPSA) is 12.0 Å². The van der Waals surface area contributed by atoms with Crippen molar-refractivity contribution in [1.82, 2.24) is 0 Å². The molecule has 0 saturated carbocycles. The highest BCUT2D eigenvalue weighted by Gasteiger charge is 2.13. The zero-order valence-electron chi connectivity index (χ0n) is 7.36. The number of fused-ring (bicyclic) bond motifs is 1. The number of rotatable bonds is 0. The molecule has 0 spiro atoms. The van der Waals surface area contributed by atoms with Gasteiger partial charge in [-0.25, -0.2) is 4.39 Å².